The molecule has 0 atom stereocenters. The van der Waals surface area contributed by atoms with Crippen molar-refractivity contribution in [2.24, 2.45) is 0 Å². The van der Waals surface area contributed by atoms with Crippen LogP contribution in [0.4, 0.5) is 0 Å². The molecule has 0 saturated carbocycles. The van der Waals surface area contributed by atoms with E-state index in [2.05, 4.69) is 37.9 Å². The van der Waals surface area contributed by atoms with Crippen molar-refractivity contribution in [2.45, 2.75) is 6.54 Å². The van der Waals surface area contributed by atoms with Gasteiger partial charge in [0.25, 0.3) is 5.91 Å². The van der Waals surface area contributed by atoms with Gasteiger partial charge in [-0.2, -0.15) is 0 Å². The summed E-state index contributed by atoms with van der Waals surface area (Å²) in [6.07, 6.45) is 3.49. The third-order valence-corrected chi connectivity index (χ3v) is 4.84. The SMILES string of the molecule is O=C(NCc1nc(-c2ccncc2)cs1)c1ccccc1I. The Morgan fingerprint density at radius 3 is 2.73 bits per heavy atom. The van der Waals surface area contributed by atoms with Crippen molar-refractivity contribution in [3.8, 4) is 11.3 Å². The van der Waals surface area contributed by atoms with Crippen LogP contribution in [0.1, 0.15) is 15.4 Å². The summed E-state index contributed by atoms with van der Waals surface area (Å²) in [4.78, 5) is 20.7. The number of hydrogen-bond acceptors (Lipinski definition) is 4. The first-order valence-corrected chi connectivity index (χ1v) is 8.57. The van der Waals surface area contributed by atoms with Gasteiger partial charge in [-0.25, -0.2) is 4.98 Å². The van der Waals surface area contributed by atoms with E-state index in [1.807, 2.05) is 41.8 Å². The first-order chi connectivity index (χ1) is 10.7. The Bertz CT molecular complexity index is 789. The normalized spacial score (nSPS) is 10.4. The quantitative estimate of drug-likeness (QED) is 0.654. The molecule has 0 spiro atoms. The summed E-state index contributed by atoms with van der Waals surface area (Å²) in [6.45, 7) is 0.430. The average Bonchev–Trinajstić information content (AvgIpc) is 3.03. The van der Waals surface area contributed by atoms with Crippen molar-refractivity contribution >= 4 is 39.8 Å². The summed E-state index contributed by atoms with van der Waals surface area (Å²) < 4.78 is 0.939. The number of hydrogen-bond donors (Lipinski definition) is 1. The summed E-state index contributed by atoms with van der Waals surface area (Å²) in [5.74, 6) is -0.0781. The van der Waals surface area contributed by atoms with Crippen LogP contribution in [-0.2, 0) is 6.54 Å². The minimum atomic E-state index is -0.0781. The Labute approximate surface area is 145 Å². The zero-order chi connectivity index (χ0) is 15.4. The predicted octanol–water partition coefficient (Wildman–Crippen LogP) is 3.74. The number of nitrogens with one attached hydrogen (secondary N) is 1. The fraction of sp³-hybridized carbons (Fsp3) is 0.0625. The molecule has 0 fully saturated rings. The molecule has 2 aromatic heterocycles. The van der Waals surface area contributed by atoms with Crippen molar-refractivity contribution in [3.05, 3.63) is 68.3 Å². The number of pyridine rings is 1. The van der Waals surface area contributed by atoms with E-state index >= 15 is 0 Å². The number of nitrogens with zero attached hydrogens (tertiary/aromatic N) is 2. The van der Waals surface area contributed by atoms with Crippen LogP contribution in [0.3, 0.4) is 0 Å². The van der Waals surface area contributed by atoms with Crippen LogP contribution in [0.25, 0.3) is 11.3 Å². The molecule has 0 radical (unpaired) electrons. The lowest BCUT2D eigenvalue weighted by molar-refractivity contribution is 0.0950. The molecule has 3 rings (SSSR count). The lowest BCUT2D eigenvalue weighted by Crippen LogP contribution is -2.23. The van der Waals surface area contributed by atoms with Crippen molar-refractivity contribution < 1.29 is 4.79 Å². The first kappa shape index (κ1) is 15.1. The Balaban J connectivity index is 1.67. The fourth-order valence-corrected chi connectivity index (χ4v) is 3.32. The van der Waals surface area contributed by atoms with Gasteiger partial charge < -0.3 is 5.32 Å². The monoisotopic (exact) mass is 421 g/mol. The second-order valence-corrected chi connectivity index (χ2v) is 6.63. The molecule has 22 heavy (non-hydrogen) atoms. The maximum absolute atomic E-state index is 12.2. The Morgan fingerprint density at radius 2 is 1.95 bits per heavy atom. The van der Waals surface area contributed by atoms with Gasteiger partial charge in [-0.05, 0) is 46.9 Å². The zero-order valence-corrected chi connectivity index (χ0v) is 14.5. The lowest BCUT2D eigenvalue weighted by Gasteiger charge is -2.04. The van der Waals surface area contributed by atoms with E-state index in [-0.39, 0.29) is 5.91 Å². The number of amides is 1. The Hall–Kier alpha value is -1.80. The smallest absolute Gasteiger partial charge is 0.252 e. The minimum absolute atomic E-state index is 0.0781. The summed E-state index contributed by atoms with van der Waals surface area (Å²) in [7, 11) is 0. The van der Waals surface area contributed by atoms with Crippen LogP contribution in [0.15, 0.2) is 54.2 Å². The first-order valence-electron chi connectivity index (χ1n) is 6.61. The molecule has 6 heteroatoms. The van der Waals surface area contributed by atoms with Crippen LogP contribution in [0, 0.1) is 3.57 Å². The fourth-order valence-electron chi connectivity index (χ4n) is 1.94. The molecule has 0 bridgehead atoms. The Morgan fingerprint density at radius 1 is 1.18 bits per heavy atom. The van der Waals surface area contributed by atoms with E-state index in [4.69, 9.17) is 0 Å². The van der Waals surface area contributed by atoms with Gasteiger partial charge in [-0.1, -0.05) is 12.1 Å². The van der Waals surface area contributed by atoms with Crippen LogP contribution < -0.4 is 5.32 Å². The number of rotatable bonds is 4. The van der Waals surface area contributed by atoms with Crippen LogP contribution in [-0.4, -0.2) is 15.9 Å². The molecule has 1 aromatic carbocycles. The molecule has 1 N–H and O–H groups in total. The standard InChI is InChI=1S/C16H12IN3OS/c17-13-4-2-1-3-12(13)16(21)19-9-15-20-14(10-22-15)11-5-7-18-8-6-11/h1-8,10H,9H2,(H,19,21). The van der Waals surface area contributed by atoms with Crippen molar-refractivity contribution in [2.75, 3.05) is 0 Å². The highest BCUT2D eigenvalue weighted by Gasteiger charge is 2.10. The highest BCUT2D eigenvalue weighted by molar-refractivity contribution is 14.1. The van der Waals surface area contributed by atoms with E-state index in [0.29, 0.717) is 12.1 Å². The number of thiazole rings is 1. The van der Waals surface area contributed by atoms with Gasteiger partial charge in [0.05, 0.1) is 17.8 Å². The van der Waals surface area contributed by atoms with Crippen molar-refractivity contribution in [1.29, 1.82) is 0 Å². The van der Waals surface area contributed by atoms with Gasteiger partial charge in [-0.15, -0.1) is 11.3 Å². The predicted molar refractivity (Wildman–Crippen MR) is 95.7 cm³/mol. The summed E-state index contributed by atoms with van der Waals surface area (Å²) >= 11 is 3.70. The van der Waals surface area contributed by atoms with Crippen LogP contribution in [0.2, 0.25) is 0 Å². The molecule has 0 aliphatic carbocycles. The van der Waals surface area contributed by atoms with E-state index in [1.165, 1.54) is 11.3 Å². The van der Waals surface area contributed by atoms with E-state index in [1.54, 1.807) is 12.4 Å². The molecule has 3 aromatic rings. The summed E-state index contributed by atoms with van der Waals surface area (Å²) in [5, 5.41) is 5.78. The topological polar surface area (TPSA) is 54.9 Å². The van der Waals surface area contributed by atoms with Crippen molar-refractivity contribution in [1.82, 2.24) is 15.3 Å². The number of halogens is 1. The van der Waals surface area contributed by atoms with E-state index in [0.717, 1.165) is 19.8 Å². The molecule has 4 nitrogen and oxygen atoms in total. The summed E-state index contributed by atoms with van der Waals surface area (Å²) in [5.41, 5.74) is 2.63. The number of benzene rings is 1. The Kier molecular flexibility index (Phi) is 4.79. The molecule has 0 saturated heterocycles. The number of aromatic nitrogens is 2. The largest absolute Gasteiger partial charge is 0.345 e. The molecular weight excluding hydrogens is 409 g/mol. The van der Waals surface area contributed by atoms with E-state index < -0.39 is 0 Å². The van der Waals surface area contributed by atoms with Crippen molar-refractivity contribution in [3.63, 3.8) is 0 Å². The number of carbonyl (C=O) groups is 1. The van der Waals surface area contributed by atoms with Gasteiger partial charge in [-0.3, -0.25) is 9.78 Å². The second kappa shape index (κ2) is 6.97. The number of carbonyl (C=O) groups excluding carboxylic acids is 1. The maximum Gasteiger partial charge on any atom is 0.252 e. The third kappa shape index (κ3) is 3.50. The summed E-state index contributed by atoms with van der Waals surface area (Å²) in [6, 6.07) is 11.4. The molecular formula is C16H12IN3OS. The lowest BCUT2D eigenvalue weighted by atomic mass is 10.2. The zero-order valence-electron chi connectivity index (χ0n) is 11.5. The molecule has 1 amide bonds. The van der Waals surface area contributed by atoms with Crippen LogP contribution >= 0.6 is 33.9 Å². The van der Waals surface area contributed by atoms with Gasteiger partial charge in [0.15, 0.2) is 0 Å². The third-order valence-electron chi connectivity index (χ3n) is 3.05. The highest BCUT2D eigenvalue weighted by atomic mass is 127. The van der Waals surface area contributed by atoms with E-state index in [9.17, 15) is 4.79 Å². The van der Waals surface area contributed by atoms with Gasteiger partial charge in [0.1, 0.15) is 5.01 Å². The van der Waals surface area contributed by atoms with Gasteiger partial charge in [0, 0.05) is 26.9 Å². The maximum atomic E-state index is 12.2. The molecule has 0 unspecified atom stereocenters. The second-order valence-electron chi connectivity index (χ2n) is 4.52. The van der Waals surface area contributed by atoms with Gasteiger partial charge >= 0.3 is 0 Å². The molecule has 110 valence electrons. The average molecular weight is 421 g/mol. The van der Waals surface area contributed by atoms with Gasteiger partial charge in [0.2, 0.25) is 0 Å². The molecule has 0 aliphatic rings. The molecule has 0 aliphatic heterocycles. The molecule has 2 heterocycles. The minimum Gasteiger partial charge on any atom is -0.345 e. The highest BCUT2D eigenvalue weighted by Crippen LogP contribution is 2.21. The van der Waals surface area contributed by atoms with Crippen LogP contribution in [0.5, 0.6) is 0 Å².